The standard InChI is InChI=1S/C11H14N6O2.ClH/c1-7-14-16-11(17(7)12)15-13-6-8-4-3-5-9(19-2)10(8)18;/h3-6,18H,12H2,1-2H3,(H,15,16);1H/p-1. The molecule has 2 rings (SSSR count). The van der Waals surface area contributed by atoms with Crippen LogP contribution in [0.1, 0.15) is 11.4 Å². The van der Waals surface area contributed by atoms with E-state index in [-0.39, 0.29) is 18.2 Å². The van der Waals surface area contributed by atoms with Gasteiger partial charge in [0.15, 0.2) is 17.3 Å². The minimum absolute atomic E-state index is 0. The summed E-state index contributed by atoms with van der Waals surface area (Å²) < 4.78 is 6.26. The van der Waals surface area contributed by atoms with Crippen LogP contribution in [0.2, 0.25) is 0 Å². The fourth-order valence-electron chi connectivity index (χ4n) is 1.41. The highest BCUT2D eigenvalue weighted by Gasteiger charge is 2.06. The Hall–Kier alpha value is -2.48. The van der Waals surface area contributed by atoms with Gasteiger partial charge >= 0.3 is 0 Å². The molecule has 0 saturated carbocycles. The predicted molar refractivity (Wildman–Crippen MR) is 70.8 cm³/mol. The molecule has 2 aromatic rings. The first-order valence-electron chi connectivity index (χ1n) is 5.45. The number of rotatable bonds is 4. The van der Waals surface area contributed by atoms with E-state index in [0.717, 1.165) is 0 Å². The fourth-order valence-corrected chi connectivity index (χ4v) is 1.41. The van der Waals surface area contributed by atoms with Crippen molar-refractivity contribution in [3.05, 3.63) is 29.6 Å². The molecule has 108 valence electrons. The summed E-state index contributed by atoms with van der Waals surface area (Å²) in [6.07, 6.45) is 1.43. The summed E-state index contributed by atoms with van der Waals surface area (Å²) in [5.41, 5.74) is 3.13. The Morgan fingerprint density at radius 2 is 2.20 bits per heavy atom. The van der Waals surface area contributed by atoms with Crippen LogP contribution in [0.5, 0.6) is 11.5 Å². The summed E-state index contributed by atoms with van der Waals surface area (Å²) in [5, 5.41) is 21.3. The number of hydrogen-bond acceptors (Lipinski definition) is 7. The molecule has 9 heteroatoms. The number of hydrazone groups is 1. The second-order valence-electron chi connectivity index (χ2n) is 3.71. The largest absolute Gasteiger partial charge is 1.00 e. The number of nitrogen functional groups attached to an aromatic ring is 1. The van der Waals surface area contributed by atoms with E-state index in [4.69, 9.17) is 10.6 Å². The number of benzene rings is 1. The number of hydrogen-bond donors (Lipinski definition) is 3. The molecule has 0 radical (unpaired) electrons. The molecule has 1 aromatic heterocycles. The van der Waals surface area contributed by atoms with Gasteiger partial charge in [-0.15, -0.1) is 10.2 Å². The van der Waals surface area contributed by atoms with Crippen LogP contribution >= 0.6 is 0 Å². The highest BCUT2D eigenvalue weighted by atomic mass is 35.5. The smallest absolute Gasteiger partial charge is 0.263 e. The normalized spacial score (nSPS) is 10.3. The van der Waals surface area contributed by atoms with Crippen LogP contribution in [0.4, 0.5) is 5.95 Å². The lowest BCUT2D eigenvalue weighted by Gasteiger charge is -2.05. The van der Waals surface area contributed by atoms with E-state index in [2.05, 4.69) is 20.7 Å². The van der Waals surface area contributed by atoms with E-state index >= 15 is 0 Å². The molecule has 1 aromatic carbocycles. The molecule has 0 amide bonds. The predicted octanol–water partition coefficient (Wildman–Crippen LogP) is -2.54. The summed E-state index contributed by atoms with van der Waals surface area (Å²) in [7, 11) is 1.48. The number of methoxy groups -OCH3 is 1. The number of phenols is 1. The lowest BCUT2D eigenvalue weighted by Crippen LogP contribution is -3.00. The van der Waals surface area contributed by atoms with Crippen LogP contribution < -0.4 is 28.4 Å². The minimum Gasteiger partial charge on any atom is -1.00 e. The van der Waals surface area contributed by atoms with Gasteiger partial charge < -0.3 is 28.1 Å². The molecule has 1 heterocycles. The van der Waals surface area contributed by atoms with Crippen LogP contribution in [-0.4, -0.2) is 33.3 Å². The number of halogens is 1. The van der Waals surface area contributed by atoms with Crippen molar-refractivity contribution < 1.29 is 22.3 Å². The number of anilines is 1. The number of aromatic hydroxyl groups is 1. The molecular formula is C11H14ClN6O2-. The number of aryl methyl sites for hydroxylation is 1. The molecule has 0 saturated heterocycles. The molecule has 0 fully saturated rings. The Balaban J connectivity index is 0.00000200. The summed E-state index contributed by atoms with van der Waals surface area (Å²) in [4.78, 5) is 0. The van der Waals surface area contributed by atoms with Gasteiger partial charge in [-0.1, -0.05) is 6.07 Å². The van der Waals surface area contributed by atoms with Crippen molar-refractivity contribution in [2.45, 2.75) is 6.92 Å². The van der Waals surface area contributed by atoms with Crippen molar-refractivity contribution in [2.24, 2.45) is 5.10 Å². The molecule has 0 aliphatic heterocycles. The Morgan fingerprint density at radius 1 is 1.45 bits per heavy atom. The van der Waals surface area contributed by atoms with Crippen LogP contribution in [-0.2, 0) is 0 Å². The molecular weight excluding hydrogens is 284 g/mol. The number of phenolic OH excluding ortho intramolecular Hbond substituents is 1. The van der Waals surface area contributed by atoms with Gasteiger partial charge in [0.25, 0.3) is 5.95 Å². The molecule has 0 unspecified atom stereocenters. The van der Waals surface area contributed by atoms with Gasteiger partial charge in [0, 0.05) is 5.56 Å². The monoisotopic (exact) mass is 297 g/mol. The van der Waals surface area contributed by atoms with Crippen molar-refractivity contribution in [2.75, 3.05) is 18.4 Å². The number of aromatic nitrogens is 3. The van der Waals surface area contributed by atoms with Crippen molar-refractivity contribution in [3.8, 4) is 11.5 Å². The van der Waals surface area contributed by atoms with E-state index in [0.29, 0.717) is 23.1 Å². The fraction of sp³-hybridized carbons (Fsp3) is 0.182. The molecule has 0 atom stereocenters. The first kappa shape index (κ1) is 15.6. The quantitative estimate of drug-likeness (QED) is 0.326. The van der Waals surface area contributed by atoms with E-state index in [9.17, 15) is 5.11 Å². The van der Waals surface area contributed by atoms with Crippen molar-refractivity contribution in [1.82, 2.24) is 14.9 Å². The maximum atomic E-state index is 9.84. The summed E-state index contributed by atoms with van der Waals surface area (Å²) in [6, 6.07) is 5.09. The van der Waals surface area contributed by atoms with E-state index in [1.165, 1.54) is 18.0 Å². The van der Waals surface area contributed by atoms with Crippen molar-refractivity contribution in [1.29, 1.82) is 0 Å². The molecule has 0 bridgehead atoms. The third-order valence-electron chi connectivity index (χ3n) is 2.48. The topological polar surface area (TPSA) is 111 Å². The second-order valence-corrected chi connectivity index (χ2v) is 3.71. The second kappa shape index (κ2) is 6.62. The third-order valence-corrected chi connectivity index (χ3v) is 2.48. The maximum Gasteiger partial charge on any atom is 0.263 e. The van der Waals surface area contributed by atoms with Gasteiger partial charge in [-0.2, -0.15) is 5.10 Å². The maximum absolute atomic E-state index is 9.84. The zero-order valence-corrected chi connectivity index (χ0v) is 11.7. The van der Waals surface area contributed by atoms with Crippen molar-refractivity contribution in [3.63, 3.8) is 0 Å². The Kier molecular flexibility index (Phi) is 5.15. The molecule has 0 aliphatic carbocycles. The van der Waals surface area contributed by atoms with E-state index < -0.39 is 0 Å². The Morgan fingerprint density at radius 3 is 2.80 bits per heavy atom. The Bertz CT molecular complexity index is 613. The van der Waals surface area contributed by atoms with Gasteiger partial charge in [0.1, 0.15) is 0 Å². The summed E-state index contributed by atoms with van der Waals surface area (Å²) in [5.74, 6) is 6.89. The third kappa shape index (κ3) is 3.09. The Labute approximate surface area is 121 Å². The number of nitrogens with zero attached hydrogens (tertiary/aromatic N) is 4. The van der Waals surface area contributed by atoms with Crippen LogP contribution in [0.15, 0.2) is 23.3 Å². The van der Waals surface area contributed by atoms with Gasteiger partial charge in [0.2, 0.25) is 0 Å². The molecule has 0 spiro atoms. The summed E-state index contributed by atoms with van der Waals surface area (Å²) >= 11 is 0. The molecule has 4 N–H and O–H groups in total. The minimum atomic E-state index is 0. The zero-order chi connectivity index (χ0) is 13.8. The van der Waals surface area contributed by atoms with Crippen LogP contribution in [0, 0.1) is 6.92 Å². The highest BCUT2D eigenvalue weighted by Crippen LogP contribution is 2.27. The first-order valence-corrected chi connectivity index (χ1v) is 5.45. The number of para-hydroxylation sites is 1. The SMILES string of the molecule is COc1cccc(C=NNc2nnc(C)n2N)c1O.[Cl-]. The van der Waals surface area contributed by atoms with Crippen LogP contribution in [0.3, 0.4) is 0 Å². The van der Waals surface area contributed by atoms with Gasteiger partial charge in [-0.3, -0.25) is 0 Å². The average Bonchev–Trinajstić information content (AvgIpc) is 2.72. The summed E-state index contributed by atoms with van der Waals surface area (Å²) in [6.45, 7) is 1.72. The molecule has 0 aliphatic rings. The number of nitrogens with two attached hydrogens (primary N) is 1. The van der Waals surface area contributed by atoms with Crippen molar-refractivity contribution >= 4 is 12.2 Å². The highest BCUT2D eigenvalue weighted by molar-refractivity contribution is 5.85. The number of nitrogens with one attached hydrogen (secondary N) is 1. The van der Waals surface area contributed by atoms with Gasteiger partial charge in [-0.05, 0) is 19.1 Å². The zero-order valence-electron chi connectivity index (χ0n) is 10.9. The van der Waals surface area contributed by atoms with Gasteiger partial charge in [0.05, 0.1) is 13.3 Å². The van der Waals surface area contributed by atoms with Gasteiger partial charge in [-0.25, -0.2) is 10.1 Å². The van der Waals surface area contributed by atoms with Crippen LogP contribution in [0.25, 0.3) is 0 Å². The lowest BCUT2D eigenvalue weighted by atomic mass is 10.2. The molecule has 20 heavy (non-hydrogen) atoms. The number of ether oxygens (including phenoxy) is 1. The van der Waals surface area contributed by atoms with E-state index in [1.807, 2.05) is 0 Å². The first-order chi connectivity index (χ1) is 9.13. The lowest BCUT2D eigenvalue weighted by molar-refractivity contribution is -0.00000527. The van der Waals surface area contributed by atoms with E-state index in [1.54, 1.807) is 25.1 Å². The average molecular weight is 298 g/mol. The molecule has 8 nitrogen and oxygen atoms in total.